The number of rotatable bonds is 9. The van der Waals surface area contributed by atoms with Gasteiger partial charge in [-0.05, 0) is 37.5 Å². The molecule has 0 aromatic heterocycles. The van der Waals surface area contributed by atoms with Gasteiger partial charge in [-0.2, -0.15) is 0 Å². The van der Waals surface area contributed by atoms with E-state index in [4.69, 9.17) is 0 Å². The number of benzene rings is 1. The number of aryl methyl sites for hydroxylation is 1. The number of sulfonamides is 1. The predicted molar refractivity (Wildman–Crippen MR) is 99.4 cm³/mol. The molecule has 0 aliphatic carbocycles. The zero-order valence-electron chi connectivity index (χ0n) is 15.6. The molecule has 2 rings (SSSR count). The van der Waals surface area contributed by atoms with Crippen molar-refractivity contribution in [2.24, 2.45) is 0 Å². The Labute approximate surface area is 155 Å². The molecular formula is C18H27N3O4S. The summed E-state index contributed by atoms with van der Waals surface area (Å²) in [5.74, 6) is -0.416. The average Bonchev–Trinajstić information content (AvgIpc) is 3.44. The van der Waals surface area contributed by atoms with Gasteiger partial charge in [-0.25, -0.2) is 13.1 Å². The fraction of sp³-hybridized carbons (Fsp3) is 0.556. The summed E-state index contributed by atoms with van der Waals surface area (Å²) < 4.78 is 27.5. The third kappa shape index (κ3) is 5.04. The van der Waals surface area contributed by atoms with Gasteiger partial charge in [0.25, 0.3) is 5.91 Å². The second-order valence-corrected chi connectivity index (χ2v) is 8.21. The van der Waals surface area contributed by atoms with Crippen LogP contribution < -0.4 is 4.72 Å². The van der Waals surface area contributed by atoms with Crippen molar-refractivity contribution in [2.75, 3.05) is 32.7 Å². The summed E-state index contributed by atoms with van der Waals surface area (Å²) in [5.41, 5.74) is 0.876. The quantitative estimate of drug-likeness (QED) is 0.655. The van der Waals surface area contributed by atoms with Gasteiger partial charge in [0.2, 0.25) is 15.9 Å². The zero-order valence-corrected chi connectivity index (χ0v) is 16.4. The van der Waals surface area contributed by atoms with E-state index >= 15 is 0 Å². The highest BCUT2D eigenvalue weighted by atomic mass is 32.2. The van der Waals surface area contributed by atoms with E-state index in [9.17, 15) is 18.0 Å². The molecule has 1 saturated heterocycles. The molecule has 1 fully saturated rings. The van der Waals surface area contributed by atoms with Crippen molar-refractivity contribution in [3.63, 3.8) is 0 Å². The summed E-state index contributed by atoms with van der Waals surface area (Å²) in [6.45, 7) is 8.01. The molecule has 1 heterocycles. The summed E-state index contributed by atoms with van der Waals surface area (Å²) in [7, 11) is -3.87. The number of carbonyl (C=O) groups is 2. The minimum Gasteiger partial charge on any atom is -0.339 e. The smallest absolute Gasteiger partial charge is 0.253 e. The monoisotopic (exact) mass is 381 g/mol. The molecule has 8 heteroatoms. The van der Waals surface area contributed by atoms with Crippen LogP contribution in [0, 0.1) is 6.92 Å². The van der Waals surface area contributed by atoms with Crippen LogP contribution in [-0.2, 0) is 14.8 Å². The number of nitrogens with one attached hydrogen (secondary N) is 1. The zero-order chi connectivity index (χ0) is 19.3. The Kier molecular flexibility index (Phi) is 6.77. The van der Waals surface area contributed by atoms with Crippen LogP contribution in [-0.4, -0.2) is 62.8 Å². The molecular weight excluding hydrogens is 354 g/mol. The molecule has 0 spiro atoms. The summed E-state index contributed by atoms with van der Waals surface area (Å²) >= 11 is 0. The van der Waals surface area contributed by atoms with Crippen molar-refractivity contribution in [2.45, 2.75) is 38.5 Å². The summed E-state index contributed by atoms with van der Waals surface area (Å²) in [5, 5.41) is 0. The molecule has 0 atom stereocenters. The lowest BCUT2D eigenvalue weighted by Crippen LogP contribution is -2.34. The Morgan fingerprint density at radius 1 is 1.15 bits per heavy atom. The maximum Gasteiger partial charge on any atom is 0.253 e. The highest BCUT2D eigenvalue weighted by Crippen LogP contribution is 2.19. The van der Waals surface area contributed by atoms with Crippen LogP contribution in [0.2, 0.25) is 0 Å². The van der Waals surface area contributed by atoms with E-state index in [1.165, 1.54) is 6.07 Å². The van der Waals surface area contributed by atoms with Gasteiger partial charge < -0.3 is 9.80 Å². The van der Waals surface area contributed by atoms with Gasteiger partial charge in [-0.15, -0.1) is 0 Å². The first-order chi connectivity index (χ1) is 12.3. The molecule has 0 bridgehead atoms. The molecule has 144 valence electrons. The first-order valence-corrected chi connectivity index (χ1v) is 10.5. The van der Waals surface area contributed by atoms with E-state index in [0.29, 0.717) is 37.3 Å². The minimum atomic E-state index is -3.87. The summed E-state index contributed by atoms with van der Waals surface area (Å²) in [4.78, 5) is 27.8. The van der Waals surface area contributed by atoms with Crippen LogP contribution in [0.5, 0.6) is 0 Å². The summed E-state index contributed by atoms with van der Waals surface area (Å²) in [6.07, 6.45) is 1.67. The van der Waals surface area contributed by atoms with Crippen LogP contribution in [0.3, 0.4) is 0 Å². The van der Waals surface area contributed by atoms with E-state index in [1.54, 1.807) is 28.9 Å². The molecule has 1 aromatic rings. The molecule has 0 unspecified atom stereocenters. The topological polar surface area (TPSA) is 86.6 Å². The van der Waals surface area contributed by atoms with Crippen molar-refractivity contribution >= 4 is 21.8 Å². The van der Waals surface area contributed by atoms with Gasteiger partial charge in [0, 0.05) is 31.7 Å². The second-order valence-electron chi connectivity index (χ2n) is 6.48. The van der Waals surface area contributed by atoms with E-state index in [2.05, 4.69) is 4.72 Å². The van der Waals surface area contributed by atoms with Gasteiger partial charge in [-0.1, -0.05) is 19.9 Å². The fourth-order valence-corrected chi connectivity index (χ4v) is 3.95. The van der Waals surface area contributed by atoms with Crippen LogP contribution >= 0.6 is 0 Å². The first kappa shape index (κ1) is 20.4. The third-order valence-electron chi connectivity index (χ3n) is 4.21. The Bertz CT molecular complexity index is 767. The van der Waals surface area contributed by atoms with Crippen molar-refractivity contribution in [1.29, 1.82) is 0 Å². The summed E-state index contributed by atoms with van der Waals surface area (Å²) in [6, 6.07) is 4.68. The van der Waals surface area contributed by atoms with Crippen LogP contribution in [0.4, 0.5) is 0 Å². The van der Waals surface area contributed by atoms with Gasteiger partial charge >= 0.3 is 0 Å². The van der Waals surface area contributed by atoms with Gasteiger partial charge in [0.1, 0.15) is 0 Å². The van der Waals surface area contributed by atoms with Gasteiger partial charge in [-0.3, -0.25) is 9.59 Å². The van der Waals surface area contributed by atoms with Crippen molar-refractivity contribution in [1.82, 2.24) is 14.5 Å². The Balaban J connectivity index is 2.21. The van der Waals surface area contributed by atoms with E-state index in [1.807, 2.05) is 13.8 Å². The van der Waals surface area contributed by atoms with Crippen molar-refractivity contribution in [3.05, 3.63) is 29.3 Å². The number of amides is 2. The molecule has 1 aliphatic rings. The SMILES string of the molecule is CCCN(CCC)C(=O)c1ccc(C)c(S(=O)(=O)NCC(=O)N2CC2)c1. The maximum absolute atomic E-state index is 12.7. The van der Waals surface area contributed by atoms with Crippen molar-refractivity contribution < 1.29 is 18.0 Å². The minimum absolute atomic E-state index is 0.0369. The van der Waals surface area contributed by atoms with E-state index < -0.39 is 10.0 Å². The van der Waals surface area contributed by atoms with E-state index in [-0.39, 0.29) is 23.3 Å². The normalized spacial score (nSPS) is 13.6. The molecule has 1 aliphatic heterocycles. The molecule has 26 heavy (non-hydrogen) atoms. The standard InChI is InChI=1S/C18H27N3O4S/c1-4-8-21(9-5-2)18(23)15-7-6-14(3)16(12-15)26(24,25)19-13-17(22)20-10-11-20/h6-7,12,19H,4-5,8-11,13H2,1-3H3. The number of hydrogen-bond donors (Lipinski definition) is 1. The second kappa shape index (κ2) is 8.64. The Morgan fingerprint density at radius 3 is 2.31 bits per heavy atom. The highest BCUT2D eigenvalue weighted by molar-refractivity contribution is 7.89. The van der Waals surface area contributed by atoms with Crippen LogP contribution in [0.25, 0.3) is 0 Å². The lowest BCUT2D eigenvalue weighted by Gasteiger charge is -2.22. The fourth-order valence-electron chi connectivity index (χ4n) is 2.71. The predicted octanol–water partition coefficient (Wildman–Crippen LogP) is 1.38. The number of carbonyl (C=O) groups excluding carboxylic acids is 2. The first-order valence-electron chi connectivity index (χ1n) is 8.97. The third-order valence-corrected chi connectivity index (χ3v) is 5.76. The lowest BCUT2D eigenvalue weighted by atomic mass is 10.1. The van der Waals surface area contributed by atoms with Gasteiger partial charge in [0.05, 0.1) is 11.4 Å². The largest absolute Gasteiger partial charge is 0.339 e. The molecule has 1 N–H and O–H groups in total. The van der Waals surface area contributed by atoms with Gasteiger partial charge in [0.15, 0.2) is 0 Å². The number of hydrogen-bond acceptors (Lipinski definition) is 4. The molecule has 2 amide bonds. The molecule has 7 nitrogen and oxygen atoms in total. The number of nitrogens with zero attached hydrogens (tertiary/aromatic N) is 2. The van der Waals surface area contributed by atoms with E-state index in [0.717, 1.165) is 12.8 Å². The molecule has 1 aromatic carbocycles. The Hall–Kier alpha value is -1.93. The molecule has 0 saturated carbocycles. The Morgan fingerprint density at radius 2 is 1.77 bits per heavy atom. The van der Waals surface area contributed by atoms with Crippen LogP contribution in [0.1, 0.15) is 42.6 Å². The lowest BCUT2D eigenvalue weighted by molar-refractivity contribution is -0.124. The average molecular weight is 381 g/mol. The maximum atomic E-state index is 12.7. The highest BCUT2D eigenvalue weighted by Gasteiger charge is 2.26. The van der Waals surface area contributed by atoms with Crippen molar-refractivity contribution in [3.8, 4) is 0 Å². The van der Waals surface area contributed by atoms with Crippen LogP contribution in [0.15, 0.2) is 23.1 Å². The molecule has 0 radical (unpaired) electrons.